The zero-order chi connectivity index (χ0) is 14.5. The largest absolute Gasteiger partial charge is 0.384 e. The van der Waals surface area contributed by atoms with Crippen molar-refractivity contribution in [3.05, 3.63) is 35.1 Å². The summed E-state index contributed by atoms with van der Waals surface area (Å²) in [5.74, 6) is 6.52. The summed E-state index contributed by atoms with van der Waals surface area (Å²) < 4.78 is 13.6. The van der Waals surface area contributed by atoms with Gasteiger partial charge in [-0.05, 0) is 48.6 Å². The lowest BCUT2D eigenvalue weighted by atomic mass is 9.95. The first-order valence-electron chi connectivity index (χ1n) is 7.20. The molecule has 1 N–H and O–H groups in total. The quantitative estimate of drug-likeness (QED) is 0.857. The first-order valence-corrected chi connectivity index (χ1v) is 7.20. The van der Waals surface area contributed by atoms with E-state index in [1.807, 2.05) is 6.07 Å². The molecule has 0 saturated carbocycles. The van der Waals surface area contributed by atoms with E-state index in [4.69, 9.17) is 5.11 Å². The fourth-order valence-corrected chi connectivity index (χ4v) is 2.76. The Hall–Kier alpha value is -1.37. The molecular formula is C17H22FNO. The molecule has 0 radical (unpaired) electrons. The molecule has 0 amide bonds. The Bertz CT molecular complexity index is 515. The van der Waals surface area contributed by atoms with Crippen LogP contribution < -0.4 is 0 Å². The van der Waals surface area contributed by atoms with Gasteiger partial charge < -0.3 is 5.11 Å². The molecule has 0 aromatic heterocycles. The zero-order valence-corrected chi connectivity index (χ0v) is 12.2. The Morgan fingerprint density at radius 1 is 1.40 bits per heavy atom. The SMILES string of the molecule is CC(C)C1CCN(Cc2cc(F)cc(C#CCO)c2)C1. The van der Waals surface area contributed by atoms with Crippen molar-refractivity contribution in [1.29, 1.82) is 0 Å². The van der Waals surface area contributed by atoms with E-state index < -0.39 is 0 Å². The molecule has 0 spiro atoms. The molecule has 0 bridgehead atoms. The smallest absolute Gasteiger partial charge is 0.124 e. The molecule has 1 aromatic rings. The van der Waals surface area contributed by atoms with Crippen LogP contribution in [0, 0.1) is 29.5 Å². The van der Waals surface area contributed by atoms with Crippen molar-refractivity contribution in [3.8, 4) is 11.8 Å². The normalized spacial score (nSPS) is 19.1. The third-order valence-electron chi connectivity index (χ3n) is 3.93. The highest BCUT2D eigenvalue weighted by molar-refractivity contribution is 5.37. The molecule has 2 nitrogen and oxygen atoms in total. The summed E-state index contributed by atoms with van der Waals surface area (Å²) in [7, 11) is 0. The van der Waals surface area contributed by atoms with E-state index in [0.29, 0.717) is 11.5 Å². The summed E-state index contributed by atoms with van der Waals surface area (Å²) in [5.41, 5.74) is 1.59. The standard InChI is InChI=1S/C17H22FNO/c1-13(2)16-5-6-19(12-16)11-15-8-14(4-3-7-20)9-17(18)10-15/h8-10,13,16,20H,5-7,11-12H2,1-2H3. The van der Waals surface area contributed by atoms with E-state index in [9.17, 15) is 4.39 Å². The highest BCUT2D eigenvalue weighted by atomic mass is 19.1. The minimum atomic E-state index is -0.260. The van der Waals surface area contributed by atoms with E-state index in [-0.39, 0.29) is 12.4 Å². The fourth-order valence-electron chi connectivity index (χ4n) is 2.76. The molecule has 20 heavy (non-hydrogen) atoms. The van der Waals surface area contributed by atoms with E-state index >= 15 is 0 Å². The van der Waals surface area contributed by atoms with Crippen LogP contribution in [0.4, 0.5) is 4.39 Å². The van der Waals surface area contributed by atoms with Gasteiger partial charge in [-0.2, -0.15) is 0 Å². The molecule has 108 valence electrons. The second-order valence-corrected chi connectivity index (χ2v) is 5.84. The number of hydrogen-bond donors (Lipinski definition) is 1. The number of aliphatic hydroxyl groups excluding tert-OH is 1. The highest BCUT2D eigenvalue weighted by Gasteiger charge is 2.24. The molecule has 1 unspecified atom stereocenters. The maximum absolute atomic E-state index is 13.6. The molecule has 1 saturated heterocycles. The summed E-state index contributed by atoms with van der Waals surface area (Å²) in [6, 6.07) is 4.90. The number of likely N-dealkylation sites (tertiary alicyclic amines) is 1. The second kappa shape index (κ2) is 6.88. The monoisotopic (exact) mass is 275 g/mol. The number of halogens is 1. The summed E-state index contributed by atoms with van der Waals surface area (Å²) in [6.07, 6.45) is 1.23. The van der Waals surface area contributed by atoms with Crippen molar-refractivity contribution in [3.63, 3.8) is 0 Å². The van der Waals surface area contributed by atoms with E-state index in [2.05, 4.69) is 30.6 Å². The number of hydrogen-bond acceptors (Lipinski definition) is 2. The van der Waals surface area contributed by atoms with E-state index in [1.54, 1.807) is 6.07 Å². The Morgan fingerprint density at radius 2 is 2.20 bits per heavy atom. The van der Waals surface area contributed by atoms with Crippen LogP contribution in [0.2, 0.25) is 0 Å². The molecule has 1 fully saturated rings. The van der Waals surface area contributed by atoms with Crippen LogP contribution in [0.25, 0.3) is 0 Å². The Labute approximate surface area is 120 Å². The fraction of sp³-hybridized carbons (Fsp3) is 0.529. The van der Waals surface area contributed by atoms with Gasteiger partial charge in [-0.3, -0.25) is 4.90 Å². The summed E-state index contributed by atoms with van der Waals surface area (Å²) in [4.78, 5) is 2.38. The molecular weight excluding hydrogens is 253 g/mol. The number of aliphatic hydroxyl groups is 1. The number of benzene rings is 1. The van der Waals surface area contributed by atoms with Crippen LogP contribution in [0.3, 0.4) is 0 Å². The van der Waals surface area contributed by atoms with Crippen molar-refractivity contribution in [1.82, 2.24) is 4.90 Å². The first kappa shape index (κ1) is 15.0. The van der Waals surface area contributed by atoms with Crippen LogP contribution in [0.1, 0.15) is 31.4 Å². The van der Waals surface area contributed by atoms with Crippen LogP contribution in [0.5, 0.6) is 0 Å². The lowest BCUT2D eigenvalue weighted by molar-refractivity contribution is 0.296. The third-order valence-corrected chi connectivity index (χ3v) is 3.93. The molecule has 3 heteroatoms. The van der Waals surface area contributed by atoms with Gasteiger partial charge in [0.15, 0.2) is 0 Å². The molecule has 1 aliphatic heterocycles. The van der Waals surface area contributed by atoms with Gasteiger partial charge in [-0.25, -0.2) is 4.39 Å². The molecule has 1 aromatic carbocycles. The van der Waals surface area contributed by atoms with Gasteiger partial charge in [-0.1, -0.05) is 25.7 Å². The van der Waals surface area contributed by atoms with Gasteiger partial charge in [0.25, 0.3) is 0 Å². The average Bonchev–Trinajstić information content (AvgIpc) is 2.84. The Morgan fingerprint density at radius 3 is 2.85 bits per heavy atom. The lowest BCUT2D eigenvalue weighted by Gasteiger charge is -2.18. The van der Waals surface area contributed by atoms with E-state index in [1.165, 1.54) is 12.5 Å². The minimum absolute atomic E-state index is 0.200. The van der Waals surface area contributed by atoms with Crippen molar-refractivity contribution in [2.24, 2.45) is 11.8 Å². The third kappa shape index (κ3) is 4.06. The van der Waals surface area contributed by atoms with Crippen LogP contribution >= 0.6 is 0 Å². The van der Waals surface area contributed by atoms with Crippen molar-refractivity contribution in [2.45, 2.75) is 26.8 Å². The van der Waals surface area contributed by atoms with Gasteiger partial charge >= 0.3 is 0 Å². The maximum Gasteiger partial charge on any atom is 0.124 e. The first-order chi connectivity index (χ1) is 9.58. The predicted octanol–water partition coefficient (Wildman–Crippen LogP) is 2.65. The summed E-state index contributed by atoms with van der Waals surface area (Å²) in [6.45, 7) is 7.27. The van der Waals surface area contributed by atoms with Crippen molar-refractivity contribution < 1.29 is 9.50 Å². The van der Waals surface area contributed by atoms with Crippen LogP contribution in [-0.4, -0.2) is 29.7 Å². The van der Waals surface area contributed by atoms with E-state index in [0.717, 1.165) is 31.1 Å². The lowest BCUT2D eigenvalue weighted by Crippen LogP contribution is -2.21. The average molecular weight is 275 g/mol. The summed E-state index contributed by atoms with van der Waals surface area (Å²) in [5, 5.41) is 8.70. The Balaban J connectivity index is 2.04. The topological polar surface area (TPSA) is 23.5 Å². The van der Waals surface area contributed by atoms with Gasteiger partial charge in [0.05, 0.1) is 0 Å². The van der Waals surface area contributed by atoms with Gasteiger partial charge in [0.2, 0.25) is 0 Å². The van der Waals surface area contributed by atoms with Gasteiger partial charge in [0, 0.05) is 18.7 Å². The molecule has 0 aliphatic carbocycles. The zero-order valence-electron chi connectivity index (χ0n) is 12.2. The molecule has 2 rings (SSSR count). The maximum atomic E-state index is 13.6. The number of rotatable bonds is 3. The van der Waals surface area contributed by atoms with Gasteiger partial charge in [-0.15, -0.1) is 0 Å². The molecule has 1 atom stereocenters. The predicted molar refractivity (Wildman–Crippen MR) is 78.6 cm³/mol. The van der Waals surface area contributed by atoms with Crippen molar-refractivity contribution in [2.75, 3.05) is 19.7 Å². The van der Waals surface area contributed by atoms with Crippen LogP contribution in [0.15, 0.2) is 18.2 Å². The summed E-state index contributed by atoms with van der Waals surface area (Å²) >= 11 is 0. The van der Waals surface area contributed by atoms with Crippen molar-refractivity contribution >= 4 is 0 Å². The van der Waals surface area contributed by atoms with Crippen LogP contribution in [-0.2, 0) is 6.54 Å². The minimum Gasteiger partial charge on any atom is -0.384 e. The molecule has 1 heterocycles. The number of nitrogens with zero attached hydrogens (tertiary/aromatic N) is 1. The molecule has 1 aliphatic rings. The highest BCUT2D eigenvalue weighted by Crippen LogP contribution is 2.25. The van der Waals surface area contributed by atoms with Gasteiger partial charge in [0.1, 0.15) is 12.4 Å². The Kier molecular flexibility index (Phi) is 5.17. The second-order valence-electron chi connectivity index (χ2n) is 5.84.